The van der Waals surface area contributed by atoms with Gasteiger partial charge in [-0.25, -0.2) is 0 Å². The molecule has 0 aliphatic carbocycles. The minimum atomic E-state index is 0.709. The molecule has 0 saturated heterocycles. The molecule has 82 valence electrons. The van der Waals surface area contributed by atoms with E-state index in [-0.39, 0.29) is 0 Å². The van der Waals surface area contributed by atoms with Crippen molar-refractivity contribution in [1.29, 1.82) is 0 Å². The summed E-state index contributed by atoms with van der Waals surface area (Å²) in [5.74, 6) is 1.55. The van der Waals surface area contributed by atoms with E-state index in [0.29, 0.717) is 5.69 Å². The van der Waals surface area contributed by atoms with Crippen molar-refractivity contribution in [3.05, 3.63) is 41.8 Å². The van der Waals surface area contributed by atoms with Gasteiger partial charge >= 0.3 is 0 Å². The molecule has 2 aromatic rings. The van der Waals surface area contributed by atoms with Crippen molar-refractivity contribution in [3.63, 3.8) is 0 Å². The zero-order valence-corrected chi connectivity index (χ0v) is 9.18. The van der Waals surface area contributed by atoms with Crippen LogP contribution in [0.5, 0.6) is 5.75 Å². The molecule has 0 radical (unpaired) electrons. The zero-order valence-electron chi connectivity index (χ0n) is 9.18. The van der Waals surface area contributed by atoms with Crippen molar-refractivity contribution in [3.8, 4) is 5.75 Å². The van der Waals surface area contributed by atoms with Gasteiger partial charge in [0.2, 0.25) is 0 Å². The molecule has 0 unspecified atom stereocenters. The molecule has 0 fully saturated rings. The number of ether oxygens (including phenoxy) is 1. The van der Waals surface area contributed by atoms with Gasteiger partial charge in [-0.05, 0) is 19.1 Å². The summed E-state index contributed by atoms with van der Waals surface area (Å²) in [7, 11) is 1.63. The van der Waals surface area contributed by atoms with E-state index in [2.05, 4.69) is 10.1 Å². The van der Waals surface area contributed by atoms with Gasteiger partial charge in [-0.15, -0.1) is 0 Å². The number of aryl methyl sites for hydroxylation is 1. The summed E-state index contributed by atoms with van der Waals surface area (Å²) in [6.07, 6.45) is 1.66. The second kappa shape index (κ2) is 4.61. The number of rotatable bonds is 3. The monoisotopic (exact) mass is 216 g/mol. The van der Waals surface area contributed by atoms with Crippen LogP contribution in [0.1, 0.15) is 11.5 Å². The quantitative estimate of drug-likeness (QED) is 0.741. The van der Waals surface area contributed by atoms with Crippen LogP contribution in [-0.4, -0.2) is 18.5 Å². The van der Waals surface area contributed by atoms with Crippen molar-refractivity contribution >= 4 is 11.9 Å². The first-order chi connectivity index (χ1) is 7.78. The molecule has 0 N–H and O–H groups in total. The van der Waals surface area contributed by atoms with E-state index in [1.807, 2.05) is 37.3 Å². The zero-order chi connectivity index (χ0) is 11.4. The fraction of sp³-hybridized carbons (Fsp3) is 0.167. The van der Waals surface area contributed by atoms with Crippen molar-refractivity contribution in [2.45, 2.75) is 6.92 Å². The van der Waals surface area contributed by atoms with E-state index in [4.69, 9.17) is 9.26 Å². The van der Waals surface area contributed by atoms with Crippen LogP contribution >= 0.6 is 0 Å². The Morgan fingerprint density at radius 3 is 2.94 bits per heavy atom. The van der Waals surface area contributed by atoms with Crippen LogP contribution in [0.15, 0.2) is 39.8 Å². The molecule has 0 bridgehead atoms. The molecule has 0 atom stereocenters. The van der Waals surface area contributed by atoms with Gasteiger partial charge < -0.3 is 9.26 Å². The van der Waals surface area contributed by atoms with Gasteiger partial charge in [0, 0.05) is 12.1 Å². The average Bonchev–Trinajstić information content (AvgIpc) is 2.73. The van der Waals surface area contributed by atoms with Crippen LogP contribution in [0.4, 0.5) is 5.69 Å². The molecule has 1 heterocycles. The van der Waals surface area contributed by atoms with E-state index in [0.717, 1.165) is 17.2 Å². The molecule has 0 spiro atoms. The van der Waals surface area contributed by atoms with Gasteiger partial charge in [-0.2, -0.15) is 0 Å². The summed E-state index contributed by atoms with van der Waals surface area (Å²) in [5, 5.41) is 3.82. The molecule has 0 amide bonds. The van der Waals surface area contributed by atoms with Gasteiger partial charge in [0.25, 0.3) is 0 Å². The third-order valence-electron chi connectivity index (χ3n) is 2.05. The standard InChI is InChI=1S/C12H12N2O2/c1-9-6-11(14-16-9)8-13-10-4-3-5-12(7-10)15-2/h3-8H,1-2H3/b13-8+. The third-order valence-corrected chi connectivity index (χ3v) is 2.05. The van der Waals surface area contributed by atoms with Crippen molar-refractivity contribution in [1.82, 2.24) is 5.16 Å². The number of nitrogens with zero attached hydrogens (tertiary/aromatic N) is 2. The first kappa shape index (κ1) is 10.4. The Hall–Kier alpha value is -2.10. The first-order valence-electron chi connectivity index (χ1n) is 4.89. The number of aliphatic imine (C=N–C) groups is 1. The number of hydrogen-bond donors (Lipinski definition) is 0. The minimum absolute atomic E-state index is 0.709. The highest BCUT2D eigenvalue weighted by molar-refractivity contribution is 5.79. The number of aromatic nitrogens is 1. The lowest BCUT2D eigenvalue weighted by Crippen LogP contribution is -1.81. The smallest absolute Gasteiger partial charge is 0.134 e. The summed E-state index contributed by atoms with van der Waals surface area (Å²) in [6.45, 7) is 1.84. The SMILES string of the molecule is COc1cccc(/N=C/c2cc(C)on2)c1. The van der Waals surface area contributed by atoms with Gasteiger partial charge in [0.1, 0.15) is 17.2 Å². The number of hydrogen-bond acceptors (Lipinski definition) is 4. The summed E-state index contributed by atoms with van der Waals surface area (Å²) in [6, 6.07) is 9.33. The van der Waals surface area contributed by atoms with Crippen LogP contribution in [0, 0.1) is 6.92 Å². The Bertz CT molecular complexity index is 503. The van der Waals surface area contributed by atoms with E-state index in [1.54, 1.807) is 13.3 Å². The van der Waals surface area contributed by atoms with E-state index in [9.17, 15) is 0 Å². The summed E-state index contributed by atoms with van der Waals surface area (Å²) in [4.78, 5) is 4.27. The Morgan fingerprint density at radius 2 is 2.25 bits per heavy atom. The topological polar surface area (TPSA) is 47.6 Å². The lowest BCUT2D eigenvalue weighted by Gasteiger charge is -1.98. The Kier molecular flexibility index (Phi) is 3.00. The van der Waals surface area contributed by atoms with Crippen molar-refractivity contribution in [2.24, 2.45) is 4.99 Å². The second-order valence-electron chi connectivity index (χ2n) is 3.32. The Balaban J connectivity index is 2.16. The Morgan fingerprint density at radius 1 is 1.38 bits per heavy atom. The highest BCUT2D eigenvalue weighted by atomic mass is 16.5. The van der Waals surface area contributed by atoms with Crippen molar-refractivity contribution in [2.75, 3.05) is 7.11 Å². The highest BCUT2D eigenvalue weighted by Gasteiger charge is 1.96. The van der Waals surface area contributed by atoms with Gasteiger partial charge in [-0.3, -0.25) is 4.99 Å². The summed E-state index contributed by atoms with van der Waals surface area (Å²) >= 11 is 0. The maximum atomic E-state index is 5.10. The molecule has 0 aliphatic rings. The normalized spacial score (nSPS) is 10.9. The third kappa shape index (κ3) is 2.48. The first-order valence-corrected chi connectivity index (χ1v) is 4.89. The van der Waals surface area contributed by atoms with Crippen molar-refractivity contribution < 1.29 is 9.26 Å². The van der Waals surface area contributed by atoms with Gasteiger partial charge in [0.05, 0.1) is 19.0 Å². The van der Waals surface area contributed by atoms with E-state index < -0.39 is 0 Å². The van der Waals surface area contributed by atoms with Crippen LogP contribution in [-0.2, 0) is 0 Å². The molecular weight excluding hydrogens is 204 g/mol. The van der Waals surface area contributed by atoms with E-state index in [1.165, 1.54) is 0 Å². The van der Waals surface area contributed by atoms with Crippen LogP contribution in [0.25, 0.3) is 0 Å². The summed E-state index contributed by atoms with van der Waals surface area (Å²) in [5.41, 5.74) is 1.53. The molecule has 1 aromatic carbocycles. The molecule has 0 aliphatic heterocycles. The molecule has 16 heavy (non-hydrogen) atoms. The van der Waals surface area contributed by atoms with Crippen LogP contribution in [0.3, 0.4) is 0 Å². The largest absolute Gasteiger partial charge is 0.497 e. The number of methoxy groups -OCH3 is 1. The van der Waals surface area contributed by atoms with Crippen LogP contribution < -0.4 is 4.74 Å². The molecule has 4 nitrogen and oxygen atoms in total. The predicted molar refractivity (Wildman–Crippen MR) is 61.5 cm³/mol. The summed E-state index contributed by atoms with van der Waals surface area (Å²) < 4.78 is 10.0. The molecule has 4 heteroatoms. The maximum absolute atomic E-state index is 5.10. The van der Waals surface area contributed by atoms with E-state index >= 15 is 0 Å². The molecule has 2 rings (SSSR count). The second-order valence-corrected chi connectivity index (χ2v) is 3.32. The fourth-order valence-electron chi connectivity index (χ4n) is 1.28. The molecular formula is C12H12N2O2. The minimum Gasteiger partial charge on any atom is -0.497 e. The predicted octanol–water partition coefficient (Wildman–Crippen LogP) is 2.74. The lowest BCUT2D eigenvalue weighted by atomic mass is 10.3. The Labute approximate surface area is 93.6 Å². The van der Waals surface area contributed by atoms with Gasteiger partial charge in [0.15, 0.2) is 0 Å². The maximum Gasteiger partial charge on any atom is 0.134 e. The lowest BCUT2D eigenvalue weighted by molar-refractivity contribution is 0.396. The van der Waals surface area contributed by atoms with Crippen LogP contribution in [0.2, 0.25) is 0 Å². The molecule has 0 saturated carbocycles. The highest BCUT2D eigenvalue weighted by Crippen LogP contribution is 2.19. The fourth-order valence-corrected chi connectivity index (χ4v) is 1.28. The molecule has 1 aromatic heterocycles. The van der Waals surface area contributed by atoms with Gasteiger partial charge in [-0.1, -0.05) is 11.2 Å². The number of benzene rings is 1. The average molecular weight is 216 g/mol.